The molecular weight excluding hydrogens is 558 g/mol. The molecule has 1 unspecified atom stereocenters. The Morgan fingerprint density at radius 2 is 1.93 bits per heavy atom. The quantitative estimate of drug-likeness (QED) is 0.188. The van der Waals surface area contributed by atoms with E-state index in [0.29, 0.717) is 38.9 Å². The van der Waals surface area contributed by atoms with Crippen molar-refractivity contribution in [2.45, 2.75) is 45.0 Å². The van der Waals surface area contributed by atoms with Crippen LogP contribution in [0.4, 0.5) is 11.6 Å². The topological polar surface area (TPSA) is 90.3 Å². The van der Waals surface area contributed by atoms with Crippen molar-refractivity contribution in [1.29, 1.82) is 0 Å². The zero-order valence-corrected chi connectivity index (χ0v) is 25.0. The van der Waals surface area contributed by atoms with Gasteiger partial charge in [0.15, 0.2) is 11.5 Å². The van der Waals surface area contributed by atoms with Crippen LogP contribution >= 0.6 is 23.4 Å². The molecule has 0 spiro atoms. The van der Waals surface area contributed by atoms with Gasteiger partial charge in [0, 0.05) is 27.7 Å². The van der Waals surface area contributed by atoms with Crippen molar-refractivity contribution < 1.29 is 14.3 Å². The highest BCUT2D eigenvalue weighted by molar-refractivity contribution is 7.99. The number of carbonyl (C=O) groups excluding carboxylic acids is 1. The van der Waals surface area contributed by atoms with E-state index in [1.807, 2.05) is 80.6 Å². The third kappa shape index (κ3) is 6.36. The summed E-state index contributed by atoms with van der Waals surface area (Å²) in [6, 6.07) is 20.4. The Labute approximate surface area is 249 Å². The van der Waals surface area contributed by atoms with Crippen LogP contribution in [0.2, 0.25) is 5.02 Å². The molecule has 4 aromatic rings. The number of anilines is 2. The van der Waals surface area contributed by atoms with Crippen LogP contribution in [0.15, 0.2) is 83.2 Å². The molecule has 1 aliphatic rings. The second-order valence-corrected chi connectivity index (χ2v) is 11.2. The van der Waals surface area contributed by atoms with Crippen LogP contribution in [0.3, 0.4) is 0 Å². The molecular formula is C31H32ClN5O3S. The predicted molar refractivity (Wildman–Crippen MR) is 164 cm³/mol. The smallest absolute Gasteiger partial charge is 0.255 e. The van der Waals surface area contributed by atoms with Gasteiger partial charge in [0.05, 0.1) is 12.7 Å². The molecule has 0 bridgehead atoms. The summed E-state index contributed by atoms with van der Waals surface area (Å²) in [7, 11) is 1.59. The molecule has 1 aromatic heterocycles. The first-order valence-electron chi connectivity index (χ1n) is 13.4. The number of methoxy groups -OCH3 is 1. The van der Waals surface area contributed by atoms with Crippen molar-refractivity contribution in [3.8, 4) is 11.5 Å². The molecule has 1 atom stereocenters. The second kappa shape index (κ2) is 12.7. The fraction of sp³-hybridized carbons (Fsp3) is 0.258. The number of aryl methyl sites for hydroxylation is 1. The zero-order valence-electron chi connectivity index (χ0n) is 23.4. The number of halogens is 1. The van der Waals surface area contributed by atoms with Crippen LogP contribution in [-0.4, -0.2) is 33.5 Å². The third-order valence-corrected chi connectivity index (χ3v) is 8.05. The molecule has 2 heterocycles. The van der Waals surface area contributed by atoms with Crippen molar-refractivity contribution in [2.24, 2.45) is 0 Å². The Kier molecular flexibility index (Phi) is 8.85. The molecule has 2 N–H and O–H groups in total. The number of hydrogen-bond acceptors (Lipinski definition) is 7. The van der Waals surface area contributed by atoms with Crippen molar-refractivity contribution in [2.75, 3.05) is 23.5 Å². The van der Waals surface area contributed by atoms with Crippen LogP contribution in [0.5, 0.6) is 11.5 Å². The maximum atomic E-state index is 13.8. The van der Waals surface area contributed by atoms with Gasteiger partial charge >= 0.3 is 0 Å². The van der Waals surface area contributed by atoms with Crippen molar-refractivity contribution in [3.63, 3.8) is 0 Å². The Morgan fingerprint density at radius 1 is 1.10 bits per heavy atom. The van der Waals surface area contributed by atoms with E-state index in [1.54, 1.807) is 23.6 Å². The first kappa shape index (κ1) is 28.6. The van der Waals surface area contributed by atoms with E-state index < -0.39 is 6.04 Å². The fourth-order valence-corrected chi connectivity index (χ4v) is 5.53. The summed E-state index contributed by atoms with van der Waals surface area (Å²) in [5, 5.41) is 12.5. The minimum atomic E-state index is -0.550. The van der Waals surface area contributed by atoms with Crippen molar-refractivity contribution in [1.82, 2.24) is 14.8 Å². The number of nitrogens with one attached hydrogen (secondary N) is 2. The molecule has 1 aliphatic heterocycles. The van der Waals surface area contributed by atoms with E-state index in [-0.39, 0.29) is 12.5 Å². The Morgan fingerprint density at radius 3 is 2.68 bits per heavy atom. The van der Waals surface area contributed by atoms with Gasteiger partial charge in [0.2, 0.25) is 11.1 Å². The molecule has 1 amide bonds. The summed E-state index contributed by atoms with van der Waals surface area (Å²) < 4.78 is 13.6. The summed E-state index contributed by atoms with van der Waals surface area (Å²) in [6.07, 6.45) is 1.000. The number of benzene rings is 3. The number of aromatic nitrogens is 3. The van der Waals surface area contributed by atoms with Gasteiger partial charge < -0.3 is 20.1 Å². The maximum Gasteiger partial charge on any atom is 0.255 e. The zero-order chi connectivity index (χ0) is 28.9. The van der Waals surface area contributed by atoms with Gasteiger partial charge in [0.25, 0.3) is 5.91 Å². The highest BCUT2D eigenvalue weighted by Crippen LogP contribution is 2.40. The number of amides is 1. The molecule has 3 aromatic carbocycles. The monoisotopic (exact) mass is 589 g/mol. The molecule has 5 rings (SSSR count). The molecule has 0 fully saturated rings. The SMILES string of the molecule is CCCSc1nc2n(n1)C(c1ccc(OCc3ccccc3Cl)c(OC)c1)C(C(=O)Nc1cccc(C)c1)=C(C)N2. The predicted octanol–water partition coefficient (Wildman–Crippen LogP) is 7.26. The lowest BCUT2D eigenvalue weighted by Crippen LogP contribution is -2.31. The number of hydrogen-bond donors (Lipinski definition) is 2. The molecule has 10 heteroatoms. The maximum absolute atomic E-state index is 13.8. The van der Waals surface area contributed by atoms with E-state index >= 15 is 0 Å². The van der Waals surface area contributed by atoms with E-state index in [4.69, 9.17) is 31.2 Å². The van der Waals surface area contributed by atoms with Gasteiger partial charge in [-0.1, -0.05) is 66.7 Å². The van der Waals surface area contributed by atoms with Gasteiger partial charge in [0.1, 0.15) is 12.6 Å². The molecule has 41 heavy (non-hydrogen) atoms. The van der Waals surface area contributed by atoms with Crippen LogP contribution in [0.25, 0.3) is 0 Å². The van der Waals surface area contributed by atoms with Crippen molar-refractivity contribution >= 4 is 40.9 Å². The number of nitrogens with zero attached hydrogens (tertiary/aromatic N) is 3. The van der Waals surface area contributed by atoms with Gasteiger partial charge in [-0.25, -0.2) is 4.68 Å². The lowest BCUT2D eigenvalue weighted by atomic mass is 9.94. The minimum Gasteiger partial charge on any atom is -0.493 e. The van der Waals surface area contributed by atoms with Crippen molar-refractivity contribution in [3.05, 3.63) is 99.7 Å². The van der Waals surface area contributed by atoms with Gasteiger partial charge in [-0.2, -0.15) is 4.98 Å². The normalized spacial score (nSPS) is 14.3. The highest BCUT2D eigenvalue weighted by atomic mass is 35.5. The van der Waals surface area contributed by atoms with Crippen LogP contribution in [0, 0.1) is 6.92 Å². The average Bonchev–Trinajstić information content (AvgIpc) is 3.37. The molecule has 0 saturated carbocycles. The van der Waals surface area contributed by atoms with E-state index in [9.17, 15) is 4.79 Å². The second-order valence-electron chi connectivity index (χ2n) is 9.69. The highest BCUT2D eigenvalue weighted by Gasteiger charge is 2.35. The number of thioether (sulfide) groups is 1. The summed E-state index contributed by atoms with van der Waals surface area (Å²) in [6.45, 7) is 6.28. The van der Waals surface area contributed by atoms with E-state index in [0.717, 1.165) is 34.6 Å². The van der Waals surface area contributed by atoms with Crippen LogP contribution < -0.4 is 20.1 Å². The van der Waals surface area contributed by atoms with Gasteiger partial charge in [-0.3, -0.25) is 4.79 Å². The number of fused-ring (bicyclic) bond motifs is 1. The lowest BCUT2D eigenvalue weighted by Gasteiger charge is -2.29. The standard InChI is InChI=1S/C31H32ClN5O3S/c1-5-15-41-31-35-30-33-20(3)27(29(38)34-23-11-8-9-19(2)16-23)28(37(30)36-31)21-13-14-25(26(17-21)39-4)40-18-22-10-6-7-12-24(22)32/h6-14,16-17,28H,5,15,18H2,1-4H3,(H,34,38)(H,33,35,36). The van der Waals surface area contributed by atoms with E-state index in [1.165, 1.54) is 0 Å². The molecule has 0 aliphatic carbocycles. The molecule has 212 valence electrons. The molecule has 0 radical (unpaired) electrons. The average molecular weight is 590 g/mol. The summed E-state index contributed by atoms with van der Waals surface area (Å²) in [4.78, 5) is 18.5. The third-order valence-electron chi connectivity index (χ3n) is 6.63. The van der Waals surface area contributed by atoms with Crippen LogP contribution in [0.1, 0.15) is 43.0 Å². The Hall–Kier alpha value is -3.95. The Balaban J connectivity index is 1.52. The number of allylic oxidation sites excluding steroid dienone is 1. The minimum absolute atomic E-state index is 0.229. The number of rotatable bonds is 10. The first-order valence-corrected chi connectivity index (χ1v) is 14.7. The lowest BCUT2D eigenvalue weighted by molar-refractivity contribution is -0.113. The summed E-state index contributed by atoms with van der Waals surface area (Å²) in [5.41, 5.74) is 4.68. The van der Waals surface area contributed by atoms with Gasteiger partial charge in [-0.15, -0.1) is 5.10 Å². The van der Waals surface area contributed by atoms with Gasteiger partial charge in [-0.05, 0) is 61.7 Å². The molecule has 0 saturated heterocycles. The summed E-state index contributed by atoms with van der Waals surface area (Å²) >= 11 is 7.91. The number of carbonyl (C=O) groups is 1. The van der Waals surface area contributed by atoms with Crippen LogP contribution in [-0.2, 0) is 11.4 Å². The fourth-order valence-electron chi connectivity index (χ4n) is 4.65. The summed E-state index contributed by atoms with van der Waals surface area (Å²) in [5.74, 6) is 2.34. The first-order chi connectivity index (χ1) is 19.9. The Bertz CT molecular complexity index is 1600. The molecule has 8 nitrogen and oxygen atoms in total. The van der Waals surface area contributed by atoms with E-state index in [2.05, 4.69) is 17.6 Å². The largest absolute Gasteiger partial charge is 0.493 e. The number of ether oxygens (including phenoxy) is 2.